The molecule has 0 saturated heterocycles. The van der Waals surface area contributed by atoms with Crippen molar-refractivity contribution in [3.63, 3.8) is 0 Å². The van der Waals surface area contributed by atoms with Gasteiger partial charge in [0.25, 0.3) is 0 Å². The van der Waals surface area contributed by atoms with Gasteiger partial charge in [0.2, 0.25) is 0 Å². The van der Waals surface area contributed by atoms with E-state index in [1.807, 2.05) is 0 Å². The number of ether oxygens (including phenoxy) is 1. The standard InChI is InChI=1S/C10H8F4O2/c1-6(15)7-3-2-4-8(5-7)16-10(13,14)9(11)12/h2-5,9H,1H3. The lowest BCUT2D eigenvalue weighted by molar-refractivity contribution is -0.253. The summed E-state index contributed by atoms with van der Waals surface area (Å²) in [7, 11) is 0. The van der Waals surface area contributed by atoms with E-state index in [4.69, 9.17) is 0 Å². The number of Topliss-reactive ketones (excluding diaryl/α,β-unsaturated/α-hetero) is 1. The Balaban J connectivity index is 2.90. The zero-order valence-electron chi connectivity index (χ0n) is 8.22. The lowest BCUT2D eigenvalue weighted by Crippen LogP contribution is -2.33. The third kappa shape index (κ3) is 2.95. The SMILES string of the molecule is CC(=O)c1cccc(OC(F)(F)C(F)F)c1. The van der Waals surface area contributed by atoms with Gasteiger partial charge in [0.1, 0.15) is 5.75 Å². The molecule has 0 atom stereocenters. The van der Waals surface area contributed by atoms with Crippen LogP contribution in [-0.4, -0.2) is 18.3 Å². The highest BCUT2D eigenvalue weighted by Crippen LogP contribution is 2.27. The highest BCUT2D eigenvalue weighted by molar-refractivity contribution is 5.94. The lowest BCUT2D eigenvalue weighted by atomic mass is 10.1. The van der Waals surface area contributed by atoms with Gasteiger partial charge < -0.3 is 4.74 Å². The van der Waals surface area contributed by atoms with E-state index in [2.05, 4.69) is 4.74 Å². The maximum absolute atomic E-state index is 12.5. The molecule has 1 rings (SSSR count). The van der Waals surface area contributed by atoms with E-state index < -0.39 is 18.3 Å². The predicted molar refractivity (Wildman–Crippen MR) is 48.0 cm³/mol. The molecule has 0 N–H and O–H groups in total. The number of rotatable bonds is 4. The molecule has 1 aromatic rings. The lowest BCUT2D eigenvalue weighted by Gasteiger charge is -2.16. The molecular weight excluding hydrogens is 228 g/mol. The van der Waals surface area contributed by atoms with Gasteiger partial charge in [-0.15, -0.1) is 0 Å². The van der Waals surface area contributed by atoms with Crippen molar-refractivity contribution in [2.45, 2.75) is 19.5 Å². The summed E-state index contributed by atoms with van der Waals surface area (Å²) >= 11 is 0. The molecule has 0 unspecified atom stereocenters. The molecule has 0 aliphatic heterocycles. The predicted octanol–water partition coefficient (Wildman–Crippen LogP) is 3.13. The molecule has 88 valence electrons. The molecule has 2 nitrogen and oxygen atoms in total. The minimum absolute atomic E-state index is 0.113. The minimum atomic E-state index is -4.56. The zero-order chi connectivity index (χ0) is 12.3. The van der Waals surface area contributed by atoms with Gasteiger partial charge in [-0.3, -0.25) is 4.79 Å². The highest BCUT2D eigenvalue weighted by atomic mass is 19.3. The molecule has 0 radical (unpaired) electrons. The third-order valence-corrected chi connectivity index (χ3v) is 1.75. The Morgan fingerprint density at radius 3 is 2.50 bits per heavy atom. The Bertz CT molecular complexity index is 390. The molecule has 6 heteroatoms. The second-order valence-electron chi connectivity index (χ2n) is 3.05. The number of ketones is 1. The number of hydrogen-bond acceptors (Lipinski definition) is 2. The average Bonchev–Trinajstić information content (AvgIpc) is 2.17. The summed E-state index contributed by atoms with van der Waals surface area (Å²) < 4.78 is 52.5. The number of carbonyl (C=O) groups excluding carboxylic acids is 1. The monoisotopic (exact) mass is 236 g/mol. The van der Waals surface area contributed by atoms with Crippen LogP contribution in [0.2, 0.25) is 0 Å². The van der Waals surface area contributed by atoms with Gasteiger partial charge in [-0.1, -0.05) is 12.1 Å². The molecule has 0 fully saturated rings. The molecule has 0 spiro atoms. The Labute approximate surface area is 88.8 Å². The van der Waals surface area contributed by atoms with Crippen molar-refractivity contribution in [2.75, 3.05) is 0 Å². The van der Waals surface area contributed by atoms with Crippen molar-refractivity contribution in [3.05, 3.63) is 29.8 Å². The van der Waals surface area contributed by atoms with Crippen molar-refractivity contribution >= 4 is 5.78 Å². The number of hydrogen-bond donors (Lipinski definition) is 0. The maximum Gasteiger partial charge on any atom is 0.461 e. The number of benzene rings is 1. The Kier molecular flexibility index (Phi) is 3.51. The molecule has 16 heavy (non-hydrogen) atoms. The summed E-state index contributed by atoms with van der Waals surface area (Å²) in [5.74, 6) is -0.844. The summed E-state index contributed by atoms with van der Waals surface area (Å²) in [5.41, 5.74) is 0.113. The van der Waals surface area contributed by atoms with Gasteiger partial charge in [-0.2, -0.15) is 17.6 Å². The van der Waals surface area contributed by atoms with Crippen LogP contribution in [0, 0.1) is 0 Å². The second-order valence-corrected chi connectivity index (χ2v) is 3.05. The van der Waals surface area contributed by atoms with E-state index in [0.717, 1.165) is 12.1 Å². The Hall–Kier alpha value is -1.59. The molecule has 0 aliphatic carbocycles. The largest absolute Gasteiger partial charge is 0.461 e. The summed E-state index contributed by atoms with van der Waals surface area (Å²) in [5, 5.41) is 0. The molecule has 0 saturated carbocycles. The summed E-state index contributed by atoms with van der Waals surface area (Å²) in [6.45, 7) is 1.23. The number of alkyl halides is 4. The molecular formula is C10H8F4O2. The quantitative estimate of drug-likeness (QED) is 0.593. The van der Waals surface area contributed by atoms with Crippen molar-refractivity contribution in [1.29, 1.82) is 0 Å². The first-order valence-electron chi connectivity index (χ1n) is 4.29. The van der Waals surface area contributed by atoms with E-state index in [1.54, 1.807) is 0 Å². The summed E-state index contributed by atoms with van der Waals surface area (Å²) in [6.07, 6.45) is -8.48. The fourth-order valence-corrected chi connectivity index (χ4v) is 0.980. The van der Waals surface area contributed by atoms with Crippen LogP contribution in [0.3, 0.4) is 0 Å². The van der Waals surface area contributed by atoms with Gasteiger partial charge in [0, 0.05) is 5.56 Å². The van der Waals surface area contributed by atoms with Crippen LogP contribution < -0.4 is 4.74 Å². The summed E-state index contributed by atoms with van der Waals surface area (Å²) in [6, 6.07) is 4.70. The maximum atomic E-state index is 12.5. The fraction of sp³-hybridized carbons (Fsp3) is 0.300. The van der Waals surface area contributed by atoms with E-state index in [1.165, 1.54) is 19.1 Å². The van der Waals surface area contributed by atoms with E-state index in [0.29, 0.717) is 0 Å². The smallest absolute Gasteiger partial charge is 0.428 e. The van der Waals surface area contributed by atoms with Gasteiger partial charge in [0.15, 0.2) is 5.78 Å². The Morgan fingerprint density at radius 1 is 1.38 bits per heavy atom. The van der Waals surface area contributed by atoms with Gasteiger partial charge in [-0.25, -0.2) is 0 Å². The van der Waals surface area contributed by atoms with E-state index in [-0.39, 0.29) is 11.3 Å². The number of carbonyl (C=O) groups is 1. The van der Waals surface area contributed by atoms with Crippen LogP contribution in [0.5, 0.6) is 5.75 Å². The average molecular weight is 236 g/mol. The van der Waals surface area contributed by atoms with Crippen LogP contribution in [0.4, 0.5) is 17.6 Å². The second kappa shape index (κ2) is 4.51. The van der Waals surface area contributed by atoms with Crippen molar-refractivity contribution < 1.29 is 27.1 Å². The number of halogens is 4. The van der Waals surface area contributed by atoms with Crippen LogP contribution in [0.25, 0.3) is 0 Å². The van der Waals surface area contributed by atoms with Gasteiger partial charge >= 0.3 is 12.5 Å². The normalized spacial score (nSPS) is 11.6. The van der Waals surface area contributed by atoms with Gasteiger partial charge in [-0.05, 0) is 19.1 Å². The molecule has 0 aromatic heterocycles. The Morgan fingerprint density at radius 2 is 2.00 bits per heavy atom. The van der Waals surface area contributed by atoms with E-state index >= 15 is 0 Å². The minimum Gasteiger partial charge on any atom is -0.428 e. The van der Waals surface area contributed by atoms with Crippen molar-refractivity contribution in [1.82, 2.24) is 0 Å². The van der Waals surface area contributed by atoms with Gasteiger partial charge in [0.05, 0.1) is 0 Å². The first kappa shape index (κ1) is 12.5. The molecule has 0 heterocycles. The molecule has 0 amide bonds. The van der Waals surface area contributed by atoms with Crippen LogP contribution in [-0.2, 0) is 0 Å². The van der Waals surface area contributed by atoms with Crippen LogP contribution in [0.1, 0.15) is 17.3 Å². The molecule has 0 bridgehead atoms. The molecule has 0 aliphatic rings. The van der Waals surface area contributed by atoms with Crippen molar-refractivity contribution in [3.8, 4) is 5.75 Å². The first-order valence-corrected chi connectivity index (χ1v) is 4.29. The third-order valence-electron chi connectivity index (χ3n) is 1.75. The first-order chi connectivity index (χ1) is 7.33. The van der Waals surface area contributed by atoms with Crippen molar-refractivity contribution in [2.24, 2.45) is 0 Å². The topological polar surface area (TPSA) is 26.3 Å². The van der Waals surface area contributed by atoms with Crippen LogP contribution >= 0.6 is 0 Å². The summed E-state index contributed by atoms with van der Waals surface area (Å²) in [4.78, 5) is 10.9. The highest BCUT2D eigenvalue weighted by Gasteiger charge is 2.43. The zero-order valence-corrected chi connectivity index (χ0v) is 8.22. The van der Waals surface area contributed by atoms with E-state index in [9.17, 15) is 22.4 Å². The van der Waals surface area contributed by atoms with Crippen LogP contribution in [0.15, 0.2) is 24.3 Å². The molecule has 1 aromatic carbocycles. The fourth-order valence-electron chi connectivity index (χ4n) is 0.980.